The first-order valence-corrected chi connectivity index (χ1v) is 6.53. The van der Waals surface area contributed by atoms with Crippen LogP contribution in [0.15, 0.2) is 36.5 Å². The van der Waals surface area contributed by atoms with E-state index in [0.29, 0.717) is 12.1 Å². The highest BCUT2D eigenvalue weighted by atomic mass is 16.1. The Hall–Kier alpha value is -2.29. The van der Waals surface area contributed by atoms with E-state index in [2.05, 4.69) is 28.2 Å². The SMILES string of the molecule is O=C1CCCc2cc3ccc4cccnc4c3nc21. The molecule has 92 valence electrons. The highest BCUT2D eigenvalue weighted by molar-refractivity contribution is 6.06. The Labute approximate surface area is 110 Å². The van der Waals surface area contributed by atoms with Crippen molar-refractivity contribution in [1.82, 2.24) is 9.97 Å². The van der Waals surface area contributed by atoms with E-state index in [9.17, 15) is 4.79 Å². The van der Waals surface area contributed by atoms with Gasteiger partial charge in [-0.25, -0.2) is 4.98 Å². The number of pyridine rings is 2. The van der Waals surface area contributed by atoms with Gasteiger partial charge >= 0.3 is 0 Å². The number of carbonyl (C=O) groups is 1. The molecular formula is C16H12N2O. The molecule has 0 spiro atoms. The quantitative estimate of drug-likeness (QED) is 0.573. The lowest BCUT2D eigenvalue weighted by Gasteiger charge is -2.14. The van der Waals surface area contributed by atoms with Gasteiger partial charge in [0.15, 0.2) is 5.78 Å². The standard InChI is InChI=1S/C16H12N2O/c19-13-5-1-3-11-9-12-7-6-10-4-2-8-17-15(10)16(12)18-14(11)13/h2,4,6-9H,1,3,5H2. The summed E-state index contributed by atoms with van der Waals surface area (Å²) < 4.78 is 0. The number of hydrogen-bond donors (Lipinski definition) is 0. The van der Waals surface area contributed by atoms with Crippen LogP contribution in [-0.4, -0.2) is 15.8 Å². The number of carbonyl (C=O) groups excluding carboxylic acids is 1. The Morgan fingerprint density at radius 1 is 1.00 bits per heavy atom. The van der Waals surface area contributed by atoms with Gasteiger partial charge in [0.2, 0.25) is 0 Å². The molecule has 2 aromatic heterocycles. The lowest BCUT2D eigenvalue weighted by Crippen LogP contribution is -2.13. The molecule has 0 bridgehead atoms. The molecule has 0 amide bonds. The second kappa shape index (κ2) is 3.85. The summed E-state index contributed by atoms with van der Waals surface area (Å²) in [6.07, 6.45) is 4.27. The third-order valence-electron chi connectivity index (χ3n) is 3.75. The molecule has 0 saturated carbocycles. The van der Waals surface area contributed by atoms with Gasteiger partial charge in [-0.1, -0.05) is 18.2 Å². The number of hydrogen-bond acceptors (Lipinski definition) is 3. The molecule has 19 heavy (non-hydrogen) atoms. The number of Topliss-reactive ketones (excluding diaryl/α,β-unsaturated/α-hetero) is 1. The average molecular weight is 248 g/mol. The molecule has 1 aliphatic rings. The smallest absolute Gasteiger partial charge is 0.181 e. The van der Waals surface area contributed by atoms with Gasteiger partial charge in [0, 0.05) is 23.4 Å². The summed E-state index contributed by atoms with van der Waals surface area (Å²) >= 11 is 0. The molecule has 0 saturated heterocycles. The molecule has 3 heteroatoms. The zero-order valence-corrected chi connectivity index (χ0v) is 10.4. The van der Waals surface area contributed by atoms with Crippen molar-refractivity contribution in [2.24, 2.45) is 0 Å². The molecular weight excluding hydrogens is 236 g/mol. The summed E-state index contributed by atoms with van der Waals surface area (Å²) in [6.45, 7) is 0. The van der Waals surface area contributed by atoms with E-state index < -0.39 is 0 Å². The summed E-state index contributed by atoms with van der Waals surface area (Å²) in [4.78, 5) is 21.0. The zero-order chi connectivity index (χ0) is 12.8. The number of aryl methyl sites for hydroxylation is 1. The molecule has 1 aliphatic carbocycles. The van der Waals surface area contributed by atoms with E-state index >= 15 is 0 Å². The summed E-state index contributed by atoms with van der Waals surface area (Å²) in [5.41, 5.74) is 3.45. The molecule has 0 unspecified atom stereocenters. The van der Waals surface area contributed by atoms with Gasteiger partial charge in [0.1, 0.15) is 5.69 Å². The Kier molecular flexibility index (Phi) is 2.15. The van der Waals surface area contributed by atoms with Gasteiger partial charge in [0.25, 0.3) is 0 Å². The topological polar surface area (TPSA) is 42.9 Å². The highest BCUT2D eigenvalue weighted by Gasteiger charge is 2.20. The minimum atomic E-state index is 0.163. The van der Waals surface area contributed by atoms with E-state index in [1.165, 1.54) is 0 Å². The highest BCUT2D eigenvalue weighted by Crippen LogP contribution is 2.27. The number of rotatable bonds is 0. The second-order valence-electron chi connectivity index (χ2n) is 4.99. The Morgan fingerprint density at radius 3 is 2.84 bits per heavy atom. The van der Waals surface area contributed by atoms with Crippen LogP contribution < -0.4 is 0 Å². The van der Waals surface area contributed by atoms with Crippen molar-refractivity contribution in [3.8, 4) is 0 Å². The number of ketones is 1. The molecule has 1 aromatic carbocycles. The first-order chi connectivity index (χ1) is 9.33. The first-order valence-electron chi connectivity index (χ1n) is 6.53. The summed E-state index contributed by atoms with van der Waals surface area (Å²) in [5.74, 6) is 0.163. The van der Waals surface area contributed by atoms with Crippen LogP contribution in [0.5, 0.6) is 0 Å². The fraction of sp³-hybridized carbons (Fsp3) is 0.188. The minimum Gasteiger partial charge on any atom is -0.292 e. The predicted molar refractivity (Wildman–Crippen MR) is 74.3 cm³/mol. The maximum Gasteiger partial charge on any atom is 0.181 e. The fourth-order valence-electron chi connectivity index (χ4n) is 2.81. The molecule has 3 aromatic rings. The summed E-state index contributed by atoms with van der Waals surface area (Å²) in [7, 11) is 0. The molecule has 3 nitrogen and oxygen atoms in total. The van der Waals surface area contributed by atoms with Crippen LogP contribution in [0, 0.1) is 0 Å². The normalized spacial score (nSPS) is 14.8. The van der Waals surface area contributed by atoms with Gasteiger partial charge in [-0.15, -0.1) is 0 Å². The monoisotopic (exact) mass is 248 g/mol. The number of fused-ring (bicyclic) bond motifs is 4. The van der Waals surface area contributed by atoms with Gasteiger partial charge < -0.3 is 0 Å². The van der Waals surface area contributed by atoms with Gasteiger partial charge in [-0.3, -0.25) is 9.78 Å². The lowest BCUT2D eigenvalue weighted by molar-refractivity contribution is 0.0967. The van der Waals surface area contributed by atoms with E-state index in [0.717, 1.165) is 40.2 Å². The van der Waals surface area contributed by atoms with Crippen LogP contribution in [0.3, 0.4) is 0 Å². The van der Waals surface area contributed by atoms with Gasteiger partial charge in [0.05, 0.1) is 11.0 Å². The third-order valence-corrected chi connectivity index (χ3v) is 3.75. The number of benzene rings is 1. The molecule has 0 fully saturated rings. The zero-order valence-electron chi connectivity index (χ0n) is 10.4. The maximum absolute atomic E-state index is 12.0. The summed E-state index contributed by atoms with van der Waals surface area (Å²) in [5, 5.41) is 2.13. The third kappa shape index (κ3) is 1.55. The number of aromatic nitrogens is 2. The van der Waals surface area contributed by atoms with Crippen molar-refractivity contribution in [2.75, 3.05) is 0 Å². The minimum absolute atomic E-state index is 0.163. The molecule has 0 N–H and O–H groups in total. The molecule has 2 heterocycles. The Bertz CT molecular complexity index is 823. The van der Waals surface area contributed by atoms with Crippen LogP contribution in [0.2, 0.25) is 0 Å². The van der Waals surface area contributed by atoms with Crippen LogP contribution in [0.25, 0.3) is 21.8 Å². The fourth-order valence-corrected chi connectivity index (χ4v) is 2.81. The van der Waals surface area contributed by atoms with Gasteiger partial charge in [-0.05, 0) is 30.5 Å². The largest absolute Gasteiger partial charge is 0.292 e. The van der Waals surface area contributed by atoms with Crippen molar-refractivity contribution in [3.05, 3.63) is 47.8 Å². The van der Waals surface area contributed by atoms with Crippen molar-refractivity contribution in [1.29, 1.82) is 0 Å². The maximum atomic E-state index is 12.0. The predicted octanol–water partition coefficient (Wildman–Crippen LogP) is 3.30. The van der Waals surface area contributed by atoms with Crippen LogP contribution in [-0.2, 0) is 6.42 Å². The number of nitrogens with zero attached hydrogens (tertiary/aromatic N) is 2. The van der Waals surface area contributed by atoms with E-state index in [-0.39, 0.29) is 5.78 Å². The lowest BCUT2D eigenvalue weighted by atomic mass is 9.93. The van der Waals surface area contributed by atoms with E-state index in [1.54, 1.807) is 6.20 Å². The van der Waals surface area contributed by atoms with Crippen LogP contribution >= 0.6 is 0 Å². The van der Waals surface area contributed by atoms with Crippen molar-refractivity contribution in [2.45, 2.75) is 19.3 Å². The summed E-state index contributed by atoms with van der Waals surface area (Å²) in [6, 6.07) is 10.2. The van der Waals surface area contributed by atoms with Crippen LogP contribution in [0.1, 0.15) is 28.9 Å². The van der Waals surface area contributed by atoms with Crippen molar-refractivity contribution < 1.29 is 4.79 Å². The van der Waals surface area contributed by atoms with Gasteiger partial charge in [-0.2, -0.15) is 0 Å². The molecule has 4 rings (SSSR count). The molecule has 0 aliphatic heterocycles. The Balaban J connectivity index is 2.14. The average Bonchev–Trinajstić information content (AvgIpc) is 2.46. The van der Waals surface area contributed by atoms with E-state index in [4.69, 9.17) is 0 Å². The molecule has 0 radical (unpaired) electrons. The molecule has 0 atom stereocenters. The first kappa shape index (κ1) is 10.6. The second-order valence-corrected chi connectivity index (χ2v) is 4.99. The van der Waals surface area contributed by atoms with Crippen molar-refractivity contribution in [3.63, 3.8) is 0 Å². The van der Waals surface area contributed by atoms with Crippen molar-refractivity contribution >= 4 is 27.6 Å². The Morgan fingerprint density at radius 2 is 1.89 bits per heavy atom. The van der Waals surface area contributed by atoms with E-state index in [1.807, 2.05) is 12.1 Å². The van der Waals surface area contributed by atoms with Crippen LogP contribution in [0.4, 0.5) is 0 Å².